The third kappa shape index (κ3) is 2.68. The van der Waals surface area contributed by atoms with E-state index in [2.05, 4.69) is 30.7 Å². The van der Waals surface area contributed by atoms with Gasteiger partial charge in [-0.3, -0.25) is 0 Å². The molecule has 0 aliphatic rings. The molecule has 0 aliphatic heterocycles. The number of pyridine rings is 1. The van der Waals surface area contributed by atoms with Gasteiger partial charge in [0.05, 0.1) is 11.9 Å². The van der Waals surface area contributed by atoms with Gasteiger partial charge in [0.2, 0.25) is 0 Å². The summed E-state index contributed by atoms with van der Waals surface area (Å²) in [5, 5.41) is 8.70. The zero-order valence-electron chi connectivity index (χ0n) is 9.27. The summed E-state index contributed by atoms with van der Waals surface area (Å²) in [7, 11) is 0. The van der Waals surface area contributed by atoms with Crippen molar-refractivity contribution in [3.8, 4) is 0 Å². The number of carbonyl (C=O) groups is 1. The van der Waals surface area contributed by atoms with Gasteiger partial charge in [-0.25, -0.2) is 9.78 Å². The Morgan fingerprint density at radius 1 is 1.53 bits per heavy atom. The van der Waals surface area contributed by atoms with Gasteiger partial charge < -0.3 is 10.0 Å². The highest BCUT2D eigenvalue weighted by Gasteiger charge is 2.10. The van der Waals surface area contributed by atoms with Crippen molar-refractivity contribution in [3.63, 3.8) is 0 Å². The van der Waals surface area contributed by atoms with E-state index in [1.165, 1.54) is 6.07 Å². The van der Waals surface area contributed by atoms with E-state index in [9.17, 15) is 4.79 Å². The zero-order valence-corrected chi connectivity index (χ0v) is 9.27. The molecule has 1 N–H and O–H groups in total. The third-order valence-corrected chi connectivity index (χ3v) is 2.26. The fraction of sp³-hybridized carbons (Fsp3) is 0.455. The van der Waals surface area contributed by atoms with E-state index in [0.29, 0.717) is 6.04 Å². The van der Waals surface area contributed by atoms with Crippen molar-refractivity contribution in [2.45, 2.75) is 26.8 Å². The van der Waals surface area contributed by atoms with Crippen molar-refractivity contribution in [2.75, 3.05) is 11.4 Å². The molecule has 1 aromatic rings. The number of aromatic nitrogens is 1. The molecule has 0 saturated carbocycles. The second-order valence-corrected chi connectivity index (χ2v) is 3.59. The minimum absolute atomic E-state index is 0.0820. The first kappa shape index (κ1) is 11.5. The molecule has 0 amide bonds. The topological polar surface area (TPSA) is 53.4 Å². The summed E-state index contributed by atoms with van der Waals surface area (Å²) in [5.74, 6) is -0.992. The van der Waals surface area contributed by atoms with Gasteiger partial charge in [-0.15, -0.1) is 0 Å². The average molecular weight is 208 g/mol. The summed E-state index contributed by atoms with van der Waals surface area (Å²) < 4.78 is 0. The molecule has 15 heavy (non-hydrogen) atoms. The molecule has 0 spiro atoms. The lowest BCUT2D eigenvalue weighted by Crippen LogP contribution is -2.30. The van der Waals surface area contributed by atoms with Crippen LogP contribution in [0.2, 0.25) is 0 Å². The minimum atomic E-state index is -0.992. The van der Waals surface area contributed by atoms with Crippen LogP contribution in [0.4, 0.5) is 5.69 Å². The van der Waals surface area contributed by atoms with Crippen LogP contribution in [-0.4, -0.2) is 28.6 Å². The first-order valence-electron chi connectivity index (χ1n) is 5.02. The quantitative estimate of drug-likeness (QED) is 0.822. The van der Waals surface area contributed by atoms with Crippen molar-refractivity contribution >= 4 is 11.7 Å². The van der Waals surface area contributed by atoms with E-state index < -0.39 is 5.97 Å². The van der Waals surface area contributed by atoms with Gasteiger partial charge in [0, 0.05) is 12.6 Å². The maximum atomic E-state index is 10.6. The number of hydrogen-bond donors (Lipinski definition) is 1. The molecule has 0 aliphatic carbocycles. The standard InChI is InChI=1S/C11H16N2O2/c1-4-13(8(2)3)9-5-6-10(11(14)15)12-7-9/h5-8H,4H2,1-3H3,(H,14,15). The van der Waals surface area contributed by atoms with E-state index in [1.807, 2.05) is 0 Å². The second kappa shape index (κ2) is 4.77. The van der Waals surface area contributed by atoms with Crippen LogP contribution < -0.4 is 4.90 Å². The Bertz CT molecular complexity index is 333. The van der Waals surface area contributed by atoms with Gasteiger partial charge in [-0.1, -0.05) is 0 Å². The van der Waals surface area contributed by atoms with Crippen LogP contribution in [0.1, 0.15) is 31.3 Å². The molecule has 0 unspecified atom stereocenters. The van der Waals surface area contributed by atoms with Gasteiger partial charge in [-0.2, -0.15) is 0 Å². The Hall–Kier alpha value is -1.58. The first-order valence-corrected chi connectivity index (χ1v) is 5.02. The average Bonchev–Trinajstić information content (AvgIpc) is 2.19. The largest absolute Gasteiger partial charge is 0.477 e. The lowest BCUT2D eigenvalue weighted by molar-refractivity contribution is 0.0690. The third-order valence-electron chi connectivity index (χ3n) is 2.26. The molecule has 1 rings (SSSR count). The van der Waals surface area contributed by atoms with Crippen LogP contribution in [0, 0.1) is 0 Å². The highest BCUT2D eigenvalue weighted by atomic mass is 16.4. The monoisotopic (exact) mass is 208 g/mol. The number of anilines is 1. The maximum Gasteiger partial charge on any atom is 0.354 e. The number of hydrogen-bond acceptors (Lipinski definition) is 3. The maximum absolute atomic E-state index is 10.6. The lowest BCUT2D eigenvalue weighted by Gasteiger charge is -2.27. The molecule has 4 nitrogen and oxygen atoms in total. The number of aromatic carboxylic acids is 1. The summed E-state index contributed by atoms with van der Waals surface area (Å²) in [6.45, 7) is 7.13. The summed E-state index contributed by atoms with van der Waals surface area (Å²) >= 11 is 0. The van der Waals surface area contributed by atoms with E-state index >= 15 is 0 Å². The van der Waals surface area contributed by atoms with Gasteiger partial charge in [0.1, 0.15) is 5.69 Å². The molecule has 0 radical (unpaired) electrons. The number of nitrogens with zero attached hydrogens (tertiary/aromatic N) is 2. The lowest BCUT2D eigenvalue weighted by atomic mass is 10.2. The van der Waals surface area contributed by atoms with Crippen molar-refractivity contribution < 1.29 is 9.90 Å². The molecule has 0 atom stereocenters. The molecule has 0 aromatic carbocycles. The van der Waals surface area contributed by atoms with Crippen molar-refractivity contribution in [1.82, 2.24) is 4.98 Å². The fourth-order valence-corrected chi connectivity index (χ4v) is 1.53. The van der Waals surface area contributed by atoms with Gasteiger partial charge in [0.15, 0.2) is 0 Å². The van der Waals surface area contributed by atoms with Crippen LogP contribution in [0.5, 0.6) is 0 Å². The molecular formula is C11H16N2O2. The highest BCUT2D eigenvalue weighted by molar-refractivity contribution is 5.85. The summed E-state index contributed by atoms with van der Waals surface area (Å²) in [6.07, 6.45) is 1.60. The summed E-state index contributed by atoms with van der Waals surface area (Å²) in [5.41, 5.74) is 1.04. The van der Waals surface area contributed by atoms with E-state index in [4.69, 9.17) is 5.11 Å². The van der Waals surface area contributed by atoms with E-state index in [0.717, 1.165) is 12.2 Å². The van der Waals surface area contributed by atoms with Crippen LogP contribution in [0.15, 0.2) is 18.3 Å². The minimum Gasteiger partial charge on any atom is -0.477 e. The van der Waals surface area contributed by atoms with Gasteiger partial charge >= 0.3 is 5.97 Å². The predicted octanol–water partition coefficient (Wildman–Crippen LogP) is 2.01. The molecule has 1 aromatic heterocycles. The SMILES string of the molecule is CCN(c1ccc(C(=O)O)nc1)C(C)C. The molecule has 1 heterocycles. The highest BCUT2D eigenvalue weighted by Crippen LogP contribution is 2.15. The Morgan fingerprint density at radius 3 is 2.53 bits per heavy atom. The molecule has 82 valence electrons. The Morgan fingerprint density at radius 2 is 2.20 bits per heavy atom. The second-order valence-electron chi connectivity index (χ2n) is 3.59. The van der Waals surface area contributed by atoms with E-state index in [1.54, 1.807) is 12.3 Å². The van der Waals surface area contributed by atoms with Crippen LogP contribution >= 0.6 is 0 Å². The Balaban J connectivity index is 2.92. The normalized spacial score (nSPS) is 10.4. The van der Waals surface area contributed by atoms with Crippen molar-refractivity contribution in [1.29, 1.82) is 0 Å². The van der Waals surface area contributed by atoms with E-state index in [-0.39, 0.29) is 5.69 Å². The van der Waals surface area contributed by atoms with Crippen molar-refractivity contribution in [3.05, 3.63) is 24.0 Å². The van der Waals surface area contributed by atoms with Crippen LogP contribution in [0.3, 0.4) is 0 Å². The Labute approximate surface area is 89.6 Å². The zero-order chi connectivity index (χ0) is 11.4. The molecule has 0 bridgehead atoms. The number of carboxylic acid groups (broad SMARTS) is 1. The molecular weight excluding hydrogens is 192 g/mol. The smallest absolute Gasteiger partial charge is 0.354 e. The van der Waals surface area contributed by atoms with Gasteiger partial charge in [-0.05, 0) is 32.9 Å². The molecule has 0 saturated heterocycles. The van der Waals surface area contributed by atoms with Crippen LogP contribution in [-0.2, 0) is 0 Å². The van der Waals surface area contributed by atoms with Crippen molar-refractivity contribution in [2.24, 2.45) is 0 Å². The fourth-order valence-electron chi connectivity index (χ4n) is 1.53. The van der Waals surface area contributed by atoms with Gasteiger partial charge in [0.25, 0.3) is 0 Å². The summed E-state index contributed by atoms with van der Waals surface area (Å²) in [4.78, 5) is 16.6. The first-order chi connectivity index (χ1) is 7.06. The number of rotatable bonds is 4. The summed E-state index contributed by atoms with van der Waals surface area (Å²) in [6, 6.07) is 3.70. The molecule has 4 heteroatoms. The van der Waals surface area contributed by atoms with Crippen LogP contribution in [0.25, 0.3) is 0 Å². The molecule has 0 fully saturated rings. The Kier molecular flexibility index (Phi) is 3.66. The number of carboxylic acids is 1. The predicted molar refractivity (Wildman–Crippen MR) is 59.4 cm³/mol.